The van der Waals surface area contributed by atoms with Crippen LogP contribution in [0.5, 0.6) is 0 Å². The van der Waals surface area contributed by atoms with Crippen molar-refractivity contribution in [3.05, 3.63) is 35.8 Å². The van der Waals surface area contributed by atoms with Crippen LogP contribution in [0, 0.1) is 34.5 Å². The van der Waals surface area contributed by atoms with E-state index in [0.29, 0.717) is 35.3 Å². The number of pyridine rings is 1. The van der Waals surface area contributed by atoms with Crippen LogP contribution in [0.2, 0.25) is 0 Å². The van der Waals surface area contributed by atoms with Crippen molar-refractivity contribution in [2.24, 2.45) is 34.5 Å². The maximum absolute atomic E-state index is 13.2. The summed E-state index contributed by atoms with van der Waals surface area (Å²) in [5.41, 5.74) is 3.32. The van der Waals surface area contributed by atoms with E-state index in [-0.39, 0.29) is 11.8 Å². The molecule has 5 aliphatic rings. The molecular weight excluding hydrogens is 460 g/mol. The number of nitrogens with one attached hydrogen (secondary N) is 1. The molecule has 4 saturated carbocycles. The average molecular weight is 507 g/mol. The fourth-order valence-corrected chi connectivity index (χ4v) is 8.73. The fraction of sp³-hybridized carbons (Fsp3) is 0.710. The fourth-order valence-electron chi connectivity index (χ4n) is 8.73. The van der Waals surface area contributed by atoms with Crippen LogP contribution in [-0.2, 0) is 11.2 Å². The number of hydrogen-bond acceptors (Lipinski definition) is 3. The monoisotopic (exact) mass is 506 g/mol. The Hall–Kier alpha value is -2.37. The summed E-state index contributed by atoms with van der Waals surface area (Å²) >= 11 is 0. The predicted octanol–water partition coefficient (Wildman–Crippen LogP) is 5.74. The normalized spacial score (nSPS) is 33.9. The highest BCUT2D eigenvalue weighted by atomic mass is 16.2. The lowest BCUT2D eigenvalue weighted by molar-refractivity contribution is -0.177. The average Bonchev–Trinajstić information content (AvgIpc) is 3.66. The van der Waals surface area contributed by atoms with E-state index in [1.807, 2.05) is 61.4 Å². The van der Waals surface area contributed by atoms with Gasteiger partial charge in [-0.15, -0.1) is 0 Å². The molecule has 2 amide bonds. The Morgan fingerprint density at radius 1 is 1.08 bits per heavy atom. The lowest BCUT2D eigenvalue weighted by Crippen LogP contribution is -2.59. The van der Waals surface area contributed by atoms with Gasteiger partial charge in [-0.2, -0.15) is 0 Å². The summed E-state index contributed by atoms with van der Waals surface area (Å²) in [4.78, 5) is 32.4. The van der Waals surface area contributed by atoms with Crippen molar-refractivity contribution in [2.45, 2.75) is 86.0 Å². The molecule has 1 spiro atoms. The predicted molar refractivity (Wildman–Crippen MR) is 147 cm³/mol. The quantitative estimate of drug-likeness (QED) is 0.543. The first-order chi connectivity index (χ1) is 18.0. The SMILES string of the molecule is CC.CC.C[C@@H]1CCN(C(=O)CCc2cn3c(C(=O)NCC45CC6CC7CC(C4)C76C5)cccc3n2)C1. The van der Waals surface area contributed by atoms with Gasteiger partial charge >= 0.3 is 0 Å². The Labute approximate surface area is 222 Å². The molecule has 0 aromatic carbocycles. The largest absolute Gasteiger partial charge is 0.350 e. The number of nitrogens with zero attached hydrogens (tertiary/aromatic N) is 3. The molecule has 2 unspecified atom stereocenters. The zero-order valence-electron chi connectivity index (χ0n) is 23.6. The molecule has 3 atom stereocenters. The smallest absolute Gasteiger partial charge is 0.268 e. The molecule has 1 aliphatic heterocycles. The Kier molecular flexibility index (Phi) is 7.14. The van der Waals surface area contributed by atoms with Crippen LogP contribution in [0.3, 0.4) is 0 Å². The molecule has 1 N–H and O–H groups in total. The van der Waals surface area contributed by atoms with Crippen molar-refractivity contribution in [1.82, 2.24) is 19.6 Å². The van der Waals surface area contributed by atoms with Gasteiger partial charge in [-0.3, -0.25) is 14.0 Å². The lowest BCUT2D eigenvalue weighted by Gasteiger charge is -2.66. The highest BCUT2D eigenvalue weighted by Gasteiger charge is 2.77. The van der Waals surface area contributed by atoms with Gasteiger partial charge < -0.3 is 10.2 Å². The number of carbonyl (C=O) groups is 2. The molecule has 4 aliphatic carbocycles. The number of carbonyl (C=O) groups excluding carboxylic acids is 2. The second kappa shape index (κ2) is 10.1. The minimum absolute atomic E-state index is 0.00593. The van der Waals surface area contributed by atoms with Gasteiger partial charge in [-0.1, -0.05) is 40.7 Å². The van der Waals surface area contributed by atoms with Crippen LogP contribution < -0.4 is 5.32 Å². The van der Waals surface area contributed by atoms with Crippen LogP contribution in [0.15, 0.2) is 24.4 Å². The Morgan fingerprint density at radius 3 is 2.43 bits per heavy atom. The molecule has 2 bridgehead atoms. The van der Waals surface area contributed by atoms with Crippen LogP contribution in [0.1, 0.15) is 95.7 Å². The van der Waals surface area contributed by atoms with Crippen molar-refractivity contribution in [2.75, 3.05) is 19.6 Å². The third-order valence-corrected chi connectivity index (χ3v) is 10.2. The molecule has 2 aromatic rings. The van der Waals surface area contributed by atoms with Gasteiger partial charge in [0.1, 0.15) is 11.3 Å². The second-order valence-corrected chi connectivity index (χ2v) is 12.0. The van der Waals surface area contributed by atoms with Crippen LogP contribution >= 0.6 is 0 Å². The van der Waals surface area contributed by atoms with Gasteiger partial charge in [0.2, 0.25) is 5.91 Å². The maximum Gasteiger partial charge on any atom is 0.268 e. The number of rotatable bonds is 6. The number of amides is 2. The summed E-state index contributed by atoms with van der Waals surface area (Å²) in [5, 5.41) is 3.31. The summed E-state index contributed by atoms with van der Waals surface area (Å²) in [7, 11) is 0. The van der Waals surface area contributed by atoms with Crippen molar-refractivity contribution in [1.29, 1.82) is 0 Å². The highest BCUT2D eigenvalue weighted by molar-refractivity contribution is 5.93. The summed E-state index contributed by atoms with van der Waals surface area (Å²) in [6.45, 7) is 12.8. The van der Waals surface area contributed by atoms with Crippen molar-refractivity contribution in [3.8, 4) is 0 Å². The van der Waals surface area contributed by atoms with Gasteiger partial charge in [0.25, 0.3) is 5.91 Å². The van der Waals surface area contributed by atoms with Gasteiger partial charge in [0.05, 0.1) is 5.69 Å². The zero-order valence-corrected chi connectivity index (χ0v) is 23.6. The molecule has 3 heterocycles. The molecule has 2 aromatic heterocycles. The number of aryl methyl sites for hydroxylation is 1. The van der Waals surface area contributed by atoms with E-state index in [9.17, 15) is 9.59 Å². The standard InChI is InChI=1S/C27H34N4O2.2C2H6/c1-17-7-8-30(13-17)24(32)6-5-21-14-31-22(3-2-4-23(31)29-21)25(33)28-16-26-11-19-9-18-10-20(12-26)27(18,19)15-26;2*1-2/h2-4,14,17-20H,5-13,15-16H2,1H3,(H,28,33);2*1-2H3/t17-,18?,19?,20?,26?,27?;;/m1../s1. The van der Waals surface area contributed by atoms with E-state index in [4.69, 9.17) is 4.98 Å². The third kappa shape index (κ3) is 4.19. The lowest BCUT2D eigenvalue weighted by atomic mass is 9.38. The summed E-state index contributed by atoms with van der Waals surface area (Å²) in [6.07, 6.45) is 11.0. The first kappa shape index (κ1) is 26.2. The zero-order chi connectivity index (χ0) is 26.4. The molecule has 37 heavy (non-hydrogen) atoms. The first-order valence-corrected chi connectivity index (χ1v) is 15.0. The maximum atomic E-state index is 13.2. The number of likely N-dealkylation sites (tertiary alicyclic amines) is 1. The van der Waals surface area contributed by atoms with Crippen LogP contribution in [-0.4, -0.2) is 45.7 Å². The highest BCUT2D eigenvalue weighted by Crippen LogP contribution is 2.84. The molecule has 0 radical (unpaired) electrons. The summed E-state index contributed by atoms with van der Waals surface area (Å²) in [5.74, 6) is 3.70. The van der Waals surface area contributed by atoms with Crippen molar-refractivity contribution < 1.29 is 9.59 Å². The second-order valence-electron chi connectivity index (χ2n) is 12.0. The number of fused-ring (bicyclic) bond motifs is 2. The minimum Gasteiger partial charge on any atom is -0.350 e. The summed E-state index contributed by atoms with van der Waals surface area (Å²) in [6, 6.07) is 5.73. The molecule has 7 rings (SSSR count). The molecule has 6 heteroatoms. The Balaban J connectivity index is 0.000000670. The molecule has 1 saturated heterocycles. The van der Waals surface area contributed by atoms with E-state index < -0.39 is 0 Å². The van der Waals surface area contributed by atoms with E-state index in [1.54, 1.807) is 0 Å². The van der Waals surface area contributed by atoms with Crippen LogP contribution in [0.25, 0.3) is 5.65 Å². The van der Waals surface area contributed by atoms with Crippen LogP contribution in [0.4, 0.5) is 0 Å². The van der Waals surface area contributed by atoms with Crippen molar-refractivity contribution >= 4 is 17.5 Å². The minimum atomic E-state index is -0.00593. The molecule has 202 valence electrons. The summed E-state index contributed by atoms with van der Waals surface area (Å²) < 4.78 is 1.90. The Bertz CT molecular complexity index is 1140. The number of imidazole rings is 1. The molecule has 6 nitrogen and oxygen atoms in total. The van der Waals surface area contributed by atoms with Gasteiger partial charge in [-0.25, -0.2) is 4.98 Å². The van der Waals surface area contributed by atoms with Gasteiger partial charge in [-0.05, 0) is 91.6 Å². The van der Waals surface area contributed by atoms with E-state index >= 15 is 0 Å². The number of aromatic nitrogens is 2. The Morgan fingerprint density at radius 2 is 1.81 bits per heavy atom. The van der Waals surface area contributed by atoms with Gasteiger partial charge in [0.15, 0.2) is 0 Å². The topological polar surface area (TPSA) is 66.7 Å². The van der Waals surface area contributed by atoms with Gasteiger partial charge in [0, 0.05) is 32.3 Å². The van der Waals surface area contributed by atoms with E-state index in [1.165, 1.54) is 32.1 Å². The third-order valence-electron chi connectivity index (χ3n) is 10.2. The number of hydrogen-bond donors (Lipinski definition) is 1. The molecule has 5 fully saturated rings. The van der Waals surface area contributed by atoms with E-state index in [0.717, 1.165) is 55.1 Å². The first-order valence-electron chi connectivity index (χ1n) is 15.0. The van der Waals surface area contributed by atoms with E-state index in [2.05, 4.69) is 12.2 Å². The van der Waals surface area contributed by atoms with Crippen molar-refractivity contribution in [3.63, 3.8) is 0 Å². The molecular formula is C31H46N4O2.